The number of hydrogen-bond acceptors (Lipinski definition) is 5. The summed E-state index contributed by atoms with van der Waals surface area (Å²) < 4.78 is 33.7. The van der Waals surface area contributed by atoms with Crippen molar-refractivity contribution in [1.29, 1.82) is 0 Å². The third-order valence-corrected chi connectivity index (χ3v) is 6.80. The molecule has 8 heteroatoms. The molecule has 0 amide bonds. The minimum Gasteiger partial charge on any atom is -0.464 e. The molecule has 0 N–H and O–H groups in total. The fraction of sp³-hybridized carbons (Fsp3) is 0.421. The highest BCUT2D eigenvalue weighted by Gasteiger charge is 2.33. The SMILES string of the molecule is COC(=O)c1cc(S(=O)(=O)N2CCN(c3ccc(C)cc3)[C@@H](C)C2)cn1C. The summed E-state index contributed by atoms with van der Waals surface area (Å²) in [4.78, 5) is 14.1. The molecule has 1 atom stereocenters. The van der Waals surface area contributed by atoms with Gasteiger partial charge in [0.15, 0.2) is 0 Å². The zero-order valence-electron chi connectivity index (χ0n) is 16.0. The lowest BCUT2D eigenvalue weighted by Crippen LogP contribution is -2.53. The molecular weight excluding hydrogens is 366 g/mol. The number of carbonyl (C=O) groups excluding carboxylic acids is 1. The number of piperazine rings is 1. The van der Waals surface area contributed by atoms with E-state index in [0.29, 0.717) is 19.6 Å². The molecule has 0 bridgehead atoms. The lowest BCUT2D eigenvalue weighted by molar-refractivity contribution is 0.0590. The van der Waals surface area contributed by atoms with Crippen molar-refractivity contribution in [2.24, 2.45) is 7.05 Å². The lowest BCUT2D eigenvalue weighted by atomic mass is 10.1. The first-order valence-electron chi connectivity index (χ1n) is 8.82. The lowest BCUT2D eigenvalue weighted by Gasteiger charge is -2.40. The van der Waals surface area contributed by atoms with Gasteiger partial charge in [0.05, 0.1) is 7.11 Å². The van der Waals surface area contributed by atoms with Gasteiger partial charge in [-0.15, -0.1) is 0 Å². The molecule has 1 aliphatic rings. The first kappa shape index (κ1) is 19.4. The van der Waals surface area contributed by atoms with Crippen molar-refractivity contribution in [3.8, 4) is 0 Å². The highest BCUT2D eigenvalue weighted by Crippen LogP contribution is 2.25. The smallest absolute Gasteiger partial charge is 0.354 e. The minimum absolute atomic E-state index is 0.0417. The number of esters is 1. The van der Waals surface area contributed by atoms with Crippen LogP contribution in [0.25, 0.3) is 0 Å². The van der Waals surface area contributed by atoms with Crippen LogP contribution in [-0.2, 0) is 21.8 Å². The Morgan fingerprint density at radius 1 is 1.19 bits per heavy atom. The van der Waals surface area contributed by atoms with Crippen LogP contribution in [0, 0.1) is 6.92 Å². The highest BCUT2D eigenvalue weighted by molar-refractivity contribution is 7.89. The summed E-state index contributed by atoms with van der Waals surface area (Å²) in [6.45, 7) is 5.45. The van der Waals surface area contributed by atoms with Gasteiger partial charge in [0.1, 0.15) is 10.6 Å². The van der Waals surface area contributed by atoms with Crippen molar-refractivity contribution in [2.45, 2.75) is 24.8 Å². The first-order valence-corrected chi connectivity index (χ1v) is 10.3. The molecule has 1 aliphatic heterocycles. The number of carbonyl (C=O) groups is 1. The molecule has 146 valence electrons. The number of methoxy groups -OCH3 is 1. The van der Waals surface area contributed by atoms with Gasteiger partial charge in [-0.3, -0.25) is 0 Å². The summed E-state index contributed by atoms with van der Waals surface area (Å²) in [6, 6.07) is 9.66. The Hall–Kier alpha value is -2.32. The van der Waals surface area contributed by atoms with E-state index in [0.717, 1.165) is 5.69 Å². The molecule has 0 spiro atoms. The monoisotopic (exact) mass is 391 g/mol. The second-order valence-corrected chi connectivity index (χ2v) is 8.84. The van der Waals surface area contributed by atoms with Crippen molar-refractivity contribution in [1.82, 2.24) is 8.87 Å². The quantitative estimate of drug-likeness (QED) is 0.746. The highest BCUT2D eigenvalue weighted by atomic mass is 32.2. The summed E-state index contributed by atoms with van der Waals surface area (Å²) in [5.74, 6) is -0.559. The van der Waals surface area contributed by atoms with Crippen LogP contribution in [0.15, 0.2) is 41.4 Å². The maximum atomic E-state index is 13.0. The molecular formula is C19H25N3O4S. The van der Waals surface area contributed by atoms with Gasteiger partial charge in [-0.2, -0.15) is 4.31 Å². The van der Waals surface area contributed by atoms with E-state index >= 15 is 0 Å². The van der Waals surface area contributed by atoms with E-state index in [4.69, 9.17) is 4.74 Å². The van der Waals surface area contributed by atoms with E-state index < -0.39 is 16.0 Å². The Kier molecular flexibility index (Phi) is 5.30. The molecule has 7 nitrogen and oxygen atoms in total. The van der Waals surface area contributed by atoms with Crippen LogP contribution in [0.1, 0.15) is 23.0 Å². The van der Waals surface area contributed by atoms with Crippen molar-refractivity contribution >= 4 is 21.7 Å². The van der Waals surface area contributed by atoms with Crippen LogP contribution in [0.2, 0.25) is 0 Å². The minimum atomic E-state index is -3.67. The molecule has 27 heavy (non-hydrogen) atoms. The number of anilines is 1. The number of ether oxygens (including phenoxy) is 1. The van der Waals surface area contributed by atoms with Crippen LogP contribution in [0.3, 0.4) is 0 Å². The Morgan fingerprint density at radius 3 is 2.44 bits per heavy atom. The van der Waals surface area contributed by atoms with Gasteiger partial charge in [-0.1, -0.05) is 17.7 Å². The number of nitrogens with zero attached hydrogens (tertiary/aromatic N) is 3. The number of hydrogen-bond donors (Lipinski definition) is 0. The second-order valence-electron chi connectivity index (χ2n) is 6.90. The number of rotatable bonds is 4. The molecule has 3 rings (SSSR count). The predicted molar refractivity (Wildman–Crippen MR) is 103 cm³/mol. The summed E-state index contributed by atoms with van der Waals surface area (Å²) in [5.41, 5.74) is 2.50. The number of aromatic nitrogens is 1. The molecule has 1 aromatic heterocycles. The predicted octanol–water partition coefficient (Wildman–Crippen LogP) is 2.02. The average Bonchev–Trinajstić information content (AvgIpc) is 3.04. The Bertz CT molecular complexity index is 934. The molecule has 1 aromatic carbocycles. The maximum absolute atomic E-state index is 13.0. The van der Waals surface area contributed by atoms with Gasteiger partial charge in [0.2, 0.25) is 10.0 Å². The second kappa shape index (κ2) is 7.36. The van der Waals surface area contributed by atoms with E-state index in [-0.39, 0.29) is 16.6 Å². The molecule has 0 saturated carbocycles. The third kappa shape index (κ3) is 3.72. The standard InChI is InChI=1S/C19H25N3O4S/c1-14-5-7-16(8-6-14)22-10-9-21(12-15(22)2)27(24,25)17-11-18(19(23)26-4)20(3)13-17/h5-8,11,13,15H,9-10,12H2,1-4H3/t15-/m0/s1. The van der Waals surface area contributed by atoms with Crippen molar-refractivity contribution in [2.75, 3.05) is 31.6 Å². The van der Waals surface area contributed by atoms with E-state index in [9.17, 15) is 13.2 Å². The van der Waals surface area contributed by atoms with Gasteiger partial charge in [-0.05, 0) is 32.0 Å². The molecule has 0 radical (unpaired) electrons. The number of aryl methyl sites for hydroxylation is 2. The summed E-state index contributed by atoms with van der Waals surface area (Å²) in [6.07, 6.45) is 1.46. The first-order chi connectivity index (χ1) is 12.7. The molecule has 0 unspecified atom stereocenters. The van der Waals surface area contributed by atoms with Crippen LogP contribution >= 0.6 is 0 Å². The van der Waals surface area contributed by atoms with E-state index in [1.54, 1.807) is 7.05 Å². The zero-order valence-corrected chi connectivity index (χ0v) is 16.9. The van der Waals surface area contributed by atoms with Crippen molar-refractivity contribution in [3.05, 3.63) is 47.8 Å². The zero-order chi connectivity index (χ0) is 19.8. The number of benzene rings is 1. The van der Waals surface area contributed by atoms with E-state index in [1.165, 1.54) is 33.8 Å². The van der Waals surface area contributed by atoms with Crippen molar-refractivity contribution in [3.63, 3.8) is 0 Å². The Balaban J connectivity index is 1.79. The number of sulfonamides is 1. The van der Waals surface area contributed by atoms with E-state index in [1.807, 2.05) is 13.8 Å². The van der Waals surface area contributed by atoms with Crippen molar-refractivity contribution < 1.29 is 17.9 Å². The van der Waals surface area contributed by atoms with Gasteiger partial charge in [0.25, 0.3) is 0 Å². The van der Waals surface area contributed by atoms with Crippen LogP contribution in [-0.4, -0.2) is 56.0 Å². The normalized spacial score (nSPS) is 18.5. The summed E-state index contributed by atoms with van der Waals surface area (Å²) >= 11 is 0. The molecule has 1 saturated heterocycles. The molecule has 1 fully saturated rings. The van der Waals surface area contributed by atoms with Crippen LogP contribution in [0.4, 0.5) is 5.69 Å². The summed E-state index contributed by atoms with van der Waals surface area (Å²) in [5, 5.41) is 0. The van der Waals surface area contributed by atoms with Gasteiger partial charge in [-0.25, -0.2) is 13.2 Å². The van der Waals surface area contributed by atoms with Crippen LogP contribution < -0.4 is 4.90 Å². The largest absolute Gasteiger partial charge is 0.464 e. The molecule has 2 heterocycles. The van der Waals surface area contributed by atoms with Gasteiger partial charge >= 0.3 is 5.97 Å². The molecule has 0 aliphatic carbocycles. The molecule has 2 aromatic rings. The topological polar surface area (TPSA) is 71.8 Å². The maximum Gasteiger partial charge on any atom is 0.354 e. The Labute approximate surface area is 160 Å². The summed E-state index contributed by atoms with van der Waals surface area (Å²) in [7, 11) is -0.771. The van der Waals surface area contributed by atoms with Crippen LogP contribution in [0.5, 0.6) is 0 Å². The average molecular weight is 391 g/mol. The fourth-order valence-corrected chi connectivity index (χ4v) is 4.98. The third-order valence-electron chi connectivity index (χ3n) is 4.97. The fourth-order valence-electron chi connectivity index (χ4n) is 3.39. The Morgan fingerprint density at radius 2 is 1.85 bits per heavy atom. The van der Waals surface area contributed by atoms with E-state index in [2.05, 4.69) is 29.2 Å². The van der Waals surface area contributed by atoms with Gasteiger partial charge < -0.3 is 14.2 Å². The van der Waals surface area contributed by atoms with Gasteiger partial charge in [0, 0.05) is 44.6 Å².